The summed E-state index contributed by atoms with van der Waals surface area (Å²) in [6.45, 7) is -0.131. The van der Waals surface area contributed by atoms with Crippen molar-refractivity contribution in [2.45, 2.75) is 25.3 Å². The zero-order valence-electron chi connectivity index (χ0n) is 16.9. The summed E-state index contributed by atoms with van der Waals surface area (Å²) in [7, 11) is 1.56. The second-order valence-corrected chi connectivity index (χ2v) is 7.51. The molecule has 156 valence electrons. The molecule has 0 aliphatic heterocycles. The van der Waals surface area contributed by atoms with E-state index in [9.17, 15) is 9.59 Å². The molecule has 4 aromatic rings. The first-order valence-corrected chi connectivity index (χ1v) is 10.0. The highest BCUT2D eigenvalue weighted by atomic mass is 16.5. The van der Waals surface area contributed by atoms with E-state index >= 15 is 0 Å². The number of methoxy groups -OCH3 is 1. The fourth-order valence-corrected chi connectivity index (χ4v) is 3.57. The van der Waals surface area contributed by atoms with Gasteiger partial charge in [0.25, 0.3) is 11.4 Å². The Bertz CT molecular complexity index is 1340. The van der Waals surface area contributed by atoms with E-state index in [2.05, 4.69) is 15.5 Å². The maximum atomic E-state index is 12.9. The Kier molecular flexibility index (Phi) is 4.74. The lowest BCUT2D eigenvalue weighted by atomic mass is 10.1. The van der Waals surface area contributed by atoms with E-state index < -0.39 is 0 Å². The maximum Gasteiger partial charge on any atom is 0.258 e. The molecule has 2 aromatic heterocycles. The fourth-order valence-electron chi connectivity index (χ4n) is 3.57. The van der Waals surface area contributed by atoms with Crippen LogP contribution >= 0.6 is 0 Å². The molecule has 0 unspecified atom stereocenters. The average Bonchev–Trinajstić information content (AvgIpc) is 3.52. The number of amides is 1. The van der Waals surface area contributed by atoms with Crippen LogP contribution in [0.5, 0.6) is 5.75 Å². The molecule has 0 atom stereocenters. The van der Waals surface area contributed by atoms with Crippen LogP contribution < -0.4 is 15.6 Å². The number of nitrogens with zero attached hydrogens (tertiary/aromatic N) is 3. The predicted molar refractivity (Wildman–Crippen MR) is 115 cm³/mol. The van der Waals surface area contributed by atoms with Crippen molar-refractivity contribution >= 4 is 22.5 Å². The smallest absolute Gasteiger partial charge is 0.258 e. The predicted octanol–water partition coefficient (Wildman–Crippen LogP) is 3.58. The van der Waals surface area contributed by atoms with Crippen LogP contribution in [0.4, 0.5) is 5.69 Å². The summed E-state index contributed by atoms with van der Waals surface area (Å²) in [5.74, 6) is 1.67. The summed E-state index contributed by atoms with van der Waals surface area (Å²) >= 11 is 0. The van der Waals surface area contributed by atoms with E-state index in [0.717, 1.165) is 18.2 Å². The monoisotopic (exact) mass is 416 g/mol. The quantitative estimate of drug-likeness (QED) is 0.516. The van der Waals surface area contributed by atoms with Crippen LogP contribution in [0, 0.1) is 0 Å². The van der Waals surface area contributed by atoms with Crippen molar-refractivity contribution < 1.29 is 14.1 Å². The molecule has 1 aliphatic rings. The summed E-state index contributed by atoms with van der Waals surface area (Å²) in [6, 6.07) is 15.9. The van der Waals surface area contributed by atoms with Crippen molar-refractivity contribution in [2.24, 2.45) is 0 Å². The van der Waals surface area contributed by atoms with Gasteiger partial charge in [-0.25, -0.2) is 0 Å². The first-order chi connectivity index (χ1) is 15.1. The van der Waals surface area contributed by atoms with Gasteiger partial charge in [0.1, 0.15) is 12.3 Å². The molecule has 8 nitrogen and oxygen atoms in total. The van der Waals surface area contributed by atoms with Crippen LogP contribution in [0.15, 0.2) is 63.9 Å². The molecule has 5 rings (SSSR count). The van der Waals surface area contributed by atoms with E-state index in [1.165, 1.54) is 10.6 Å². The van der Waals surface area contributed by atoms with Gasteiger partial charge in [-0.3, -0.25) is 14.2 Å². The van der Waals surface area contributed by atoms with Crippen molar-refractivity contribution in [3.05, 3.63) is 70.8 Å². The van der Waals surface area contributed by atoms with Crippen LogP contribution in [0.1, 0.15) is 24.6 Å². The first-order valence-electron chi connectivity index (χ1n) is 10.0. The van der Waals surface area contributed by atoms with Crippen LogP contribution in [-0.4, -0.2) is 27.7 Å². The third-order valence-corrected chi connectivity index (χ3v) is 5.29. The van der Waals surface area contributed by atoms with Crippen LogP contribution in [-0.2, 0) is 11.3 Å². The zero-order valence-corrected chi connectivity index (χ0v) is 16.9. The summed E-state index contributed by atoms with van der Waals surface area (Å²) < 4.78 is 12.1. The Morgan fingerprint density at radius 2 is 2.03 bits per heavy atom. The standard InChI is InChI=1S/C23H20N4O4/c1-30-16-6-4-5-15(11-16)24-20(28)13-27-19-8-3-2-7-17(19)18(12-21(27)29)23-25-22(26-31-23)14-9-10-14/h2-8,11-12,14H,9-10,13H2,1H3,(H,24,28). The number of carbonyl (C=O) groups is 1. The van der Waals surface area contributed by atoms with Gasteiger partial charge in [-0.2, -0.15) is 4.98 Å². The largest absolute Gasteiger partial charge is 0.497 e. The van der Waals surface area contributed by atoms with Gasteiger partial charge < -0.3 is 14.6 Å². The van der Waals surface area contributed by atoms with Gasteiger partial charge in [-0.1, -0.05) is 29.4 Å². The molecule has 2 aromatic carbocycles. The SMILES string of the molecule is COc1cccc(NC(=O)Cn2c(=O)cc(-c3nc(C4CC4)no3)c3ccccc32)c1. The second kappa shape index (κ2) is 7.71. The molecular weight excluding hydrogens is 396 g/mol. The molecule has 0 radical (unpaired) electrons. The molecule has 31 heavy (non-hydrogen) atoms. The highest BCUT2D eigenvalue weighted by molar-refractivity contribution is 5.95. The van der Waals surface area contributed by atoms with Crippen LogP contribution in [0.25, 0.3) is 22.4 Å². The number of para-hydroxylation sites is 1. The Balaban J connectivity index is 1.48. The maximum absolute atomic E-state index is 12.9. The topological polar surface area (TPSA) is 99.2 Å². The van der Waals surface area contributed by atoms with Crippen LogP contribution in [0.3, 0.4) is 0 Å². The average molecular weight is 416 g/mol. The number of anilines is 1. The second-order valence-electron chi connectivity index (χ2n) is 7.51. The number of ether oxygens (including phenoxy) is 1. The molecule has 1 aliphatic carbocycles. The van der Waals surface area contributed by atoms with Crippen molar-refractivity contribution in [3.63, 3.8) is 0 Å². The molecule has 8 heteroatoms. The number of hydrogen-bond donors (Lipinski definition) is 1. The van der Waals surface area contributed by atoms with Gasteiger partial charge in [0, 0.05) is 29.1 Å². The summed E-state index contributed by atoms with van der Waals surface area (Å²) in [6.07, 6.45) is 2.12. The number of aromatic nitrogens is 3. The molecule has 1 amide bonds. The Morgan fingerprint density at radius 3 is 2.84 bits per heavy atom. The van der Waals surface area contributed by atoms with Gasteiger partial charge in [0.2, 0.25) is 5.91 Å². The van der Waals surface area contributed by atoms with Crippen molar-refractivity contribution in [1.29, 1.82) is 0 Å². The fraction of sp³-hybridized carbons (Fsp3) is 0.217. The number of benzene rings is 2. The van der Waals surface area contributed by atoms with E-state index in [1.807, 2.05) is 18.2 Å². The highest BCUT2D eigenvalue weighted by Crippen LogP contribution is 2.39. The van der Waals surface area contributed by atoms with E-state index in [0.29, 0.717) is 40.2 Å². The van der Waals surface area contributed by atoms with Gasteiger partial charge in [-0.05, 0) is 31.0 Å². The molecule has 1 fully saturated rings. The van der Waals surface area contributed by atoms with Crippen molar-refractivity contribution in [3.8, 4) is 17.2 Å². The third kappa shape index (κ3) is 3.79. The summed E-state index contributed by atoms with van der Waals surface area (Å²) in [5.41, 5.74) is 1.47. The highest BCUT2D eigenvalue weighted by Gasteiger charge is 2.29. The van der Waals surface area contributed by atoms with Gasteiger partial charge in [0.15, 0.2) is 5.82 Å². The number of fused-ring (bicyclic) bond motifs is 1. The number of pyridine rings is 1. The molecule has 0 spiro atoms. The Hall–Kier alpha value is -3.94. The first kappa shape index (κ1) is 19.0. The number of rotatable bonds is 6. The minimum Gasteiger partial charge on any atom is -0.497 e. The van der Waals surface area contributed by atoms with Crippen molar-refractivity contribution in [1.82, 2.24) is 14.7 Å². The van der Waals surface area contributed by atoms with Crippen LogP contribution in [0.2, 0.25) is 0 Å². The molecule has 2 heterocycles. The lowest BCUT2D eigenvalue weighted by molar-refractivity contribution is -0.116. The normalized spacial score (nSPS) is 13.3. The number of hydrogen-bond acceptors (Lipinski definition) is 6. The van der Waals surface area contributed by atoms with Gasteiger partial charge >= 0.3 is 0 Å². The van der Waals surface area contributed by atoms with E-state index in [1.54, 1.807) is 37.4 Å². The van der Waals surface area contributed by atoms with Crippen molar-refractivity contribution in [2.75, 3.05) is 12.4 Å². The molecule has 1 N–H and O–H groups in total. The molecule has 1 saturated carbocycles. The Morgan fingerprint density at radius 1 is 1.19 bits per heavy atom. The minimum absolute atomic E-state index is 0.131. The number of carbonyl (C=O) groups excluding carboxylic acids is 1. The number of nitrogens with one attached hydrogen (secondary N) is 1. The zero-order chi connectivity index (χ0) is 21.4. The van der Waals surface area contributed by atoms with Gasteiger partial charge in [0.05, 0.1) is 18.2 Å². The Labute approximate surface area is 177 Å². The van der Waals surface area contributed by atoms with Gasteiger partial charge in [-0.15, -0.1) is 0 Å². The summed E-state index contributed by atoms with van der Waals surface area (Å²) in [5, 5.41) is 7.63. The molecule has 0 saturated heterocycles. The molecule has 0 bridgehead atoms. The van der Waals surface area contributed by atoms with E-state index in [4.69, 9.17) is 9.26 Å². The van der Waals surface area contributed by atoms with E-state index in [-0.39, 0.29) is 18.0 Å². The summed E-state index contributed by atoms with van der Waals surface area (Å²) in [4.78, 5) is 30.1. The third-order valence-electron chi connectivity index (χ3n) is 5.29. The molecular formula is C23H20N4O4. The minimum atomic E-state index is -0.319. The lowest BCUT2D eigenvalue weighted by Gasteiger charge is -2.12. The lowest BCUT2D eigenvalue weighted by Crippen LogP contribution is -2.27.